The molecule has 1 atom stereocenters. The number of benzene rings is 1. The van der Waals surface area contributed by atoms with Gasteiger partial charge in [0.15, 0.2) is 5.78 Å². The fraction of sp³-hybridized carbons (Fsp3) is 0.500. The molecule has 1 unspecified atom stereocenters. The molecule has 0 aliphatic heterocycles. The first-order chi connectivity index (χ1) is 7.36. The Balaban J connectivity index is 2.98. The van der Waals surface area contributed by atoms with Gasteiger partial charge in [-0.3, -0.25) is 4.79 Å². The molecule has 0 amide bonds. The molecule has 0 aliphatic rings. The second-order valence-corrected chi connectivity index (χ2v) is 5.10. The van der Waals surface area contributed by atoms with Crippen LogP contribution in [-0.2, 0) is 14.9 Å². The number of Topliss-reactive ketones (excluding diaryl/α,β-unsaturated/α-hetero) is 1. The highest BCUT2D eigenvalue weighted by Crippen LogP contribution is 2.25. The third kappa shape index (κ3) is 2.92. The van der Waals surface area contributed by atoms with Gasteiger partial charge in [-0.1, -0.05) is 45.0 Å². The van der Waals surface area contributed by atoms with E-state index in [1.54, 1.807) is 14.0 Å². The predicted octanol–water partition coefficient (Wildman–Crippen LogP) is 3.26. The molecular weight excluding hydrogens is 200 g/mol. The van der Waals surface area contributed by atoms with Gasteiger partial charge >= 0.3 is 0 Å². The second-order valence-electron chi connectivity index (χ2n) is 5.10. The molecule has 0 fully saturated rings. The highest BCUT2D eigenvalue weighted by atomic mass is 16.5. The van der Waals surface area contributed by atoms with Crippen LogP contribution < -0.4 is 0 Å². The molecule has 2 heteroatoms. The van der Waals surface area contributed by atoms with Gasteiger partial charge in [0.05, 0.1) is 0 Å². The van der Waals surface area contributed by atoms with E-state index in [4.69, 9.17) is 4.74 Å². The number of ether oxygens (including phenoxy) is 1. The molecule has 0 aromatic heterocycles. The highest BCUT2D eigenvalue weighted by Gasteiger charge is 2.17. The Bertz CT molecular complexity index is 357. The molecule has 0 radical (unpaired) electrons. The SMILES string of the molecule is COC(C(C)=O)c1ccc(C(C)(C)C)cc1. The fourth-order valence-corrected chi connectivity index (χ4v) is 1.69. The van der Waals surface area contributed by atoms with Crippen LogP contribution in [0.2, 0.25) is 0 Å². The number of hydrogen-bond acceptors (Lipinski definition) is 2. The monoisotopic (exact) mass is 220 g/mol. The van der Waals surface area contributed by atoms with Crippen molar-refractivity contribution >= 4 is 5.78 Å². The summed E-state index contributed by atoms with van der Waals surface area (Å²) in [5.41, 5.74) is 2.31. The maximum Gasteiger partial charge on any atom is 0.163 e. The Morgan fingerprint density at radius 3 is 2.00 bits per heavy atom. The molecule has 0 saturated carbocycles. The van der Waals surface area contributed by atoms with E-state index in [-0.39, 0.29) is 11.2 Å². The van der Waals surface area contributed by atoms with Gasteiger partial charge in [0, 0.05) is 7.11 Å². The zero-order chi connectivity index (χ0) is 12.3. The van der Waals surface area contributed by atoms with Crippen LogP contribution >= 0.6 is 0 Å². The molecule has 1 aromatic carbocycles. The number of rotatable bonds is 3. The molecule has 0 saturated heterocycles. The first kappa shape index (κ1) is 12.9. The number of ketones is 1. The summed E-state index contributed by atoms with van der Waals surface area (Å²) in [5, 5.41) is 0. The third-order valence-electron chi connectivity index (χ3n) is 2.68. The zero-order valence-electron chi connectivity index (χ0n) is 10.7. The van der Waals surface area contributed by atoms with E-state index in [2.05, 4.69) is 32.9 Å². The molecule has 2 nitrogen and oxygen atoms in total. The van der Waals surface area contributed by atoms with Crippen molar-refractivity contribution in [3.05, 3.63) is 35.4 Å². The number of methoxy groups -OCH3 is 1. The Morgan fingerprint density at radius 2 is 1.69 bits per heavy atom. The van der Waals surface area contributed by atoms with Gasteiger partial charge in [0.1, 0.15) is 6.10 Å². The second kappa shape index (κ2) is 4.79. The average Bonchev–Trinajstić information content (AvgIpc) is 2.17. The highest BCUT2D eigenvalue weighted by molar-refractivity contribution is 5.81. The van der Waals surface area contributed by atoms with Gasteiger partial charge < -0.3 is 4.74 Å². The molecule has 0 bridgehead atoms. The van der Waals surface area contributed by atoms with Gasteiger partial charge in [-0.25, -0.2) is 0 Å². The van der Waals surface area contributed by atoms with Crippen molar-refractivity contribution in [1.29, 1.82) is 0 Å². The quantitative estimate of drug-likeness (QED) is 0.781. The molecule has 1 rings (SSSR count). The minimum Gasteiger partial charge on any atom is -0.369 e. The summed E-state index contributed by atoms with van der Waals surface area (Å²) in [6.07, 6.45) is -0.436. The van der Waals surface area contributed by atoms with Crippen LogP contribution in [0, 0.1) is 0 Å². The summed E-state index contributed by atoms with van der Waals surface area (Å²) in [7, 11) is 1.56. The molecule has 16 heavy (non-hydrogen) atoms. The van der Waals surface area contributed by atoms with Crippen LogP contribution in [0.1, 0.15) is 44.9 Å². The molecule has 88 valence electrons. The largest absolute Gasteiger partial charge is 0.369 e. The molecule has 0 heterocycles. The summed E-state index contributed by atoms with van der Waals surface area (Å²) in [4.78, 5) is 11.3. The van der Waals surface area contributed by atoms with Crippen molar-refractivity contribution in [1.82, 2.24) is 0 Å². The Labute approximate surface area is 97.6 Å². The molecule has 0 N–H and O–H groups in total. The van der Waals surface area contributed by atoms with E-state index in [1.807, 2.05) is 12.1 Å². The third-order valence-corrected chi connectivity index (χ3v) is 2.68. The zero-order valence-corrected chi connectivity index (χ0v) is 10.7. The fourth-order valence-electron chi connectivity index (χ4n) is 1.69. The minimum absolute atomic E-state index is 0.0333. The summed E-state index contributed by atoms with van der Waals surface area (Å²) >= 11 is 0. The van der Waals surface area contributed by atoms with Crippen molar-refractivity contribution < 1.29 is 9.53 Å². The van der Waals surface area contributed by atoms with Crippen LogP contribution in [0.25, 0.3) is 0 Å². The van der Waals surface area contributed by atoms with E-state index in [0.717, 1.165) is 5.56 Å². The first-order valence-corrected chi connectivity index (χ1v) is 5.50. The van der Waals surface area contributed by atoms with Crippen LogP contribution in [-0.4, -0.2) is 12.9 Å². The van der Waals surface area contributed by atoms with Crippen molar-refractivity contribution in [2.24, 2.45) is 0 Å². The maximum atomic E-state index is 11.3. The van der Waals surface area contributed by atoms with E-state index < -0.39 is 6.10 Å². The van der Waals surface area contributed by atoms with E-state index in [1.165, 1.54) is 5.56 Å². The van der Waals surface area contributed by atoms with Crippen LogP contribution in [0.15, 0.2) is 24.3 Å². The van der Waals surface area contributed by atoms with E-state index in [9.17, 15) is 4.79 Å². The maximum absolute atomic E-state index is 11.3. The van der Waals surface area contributed by atoms with Gasteiger partial charge in [-0.2, -0.15) is 0 Å². The topological polar surface area (TPSA) is 26.3 Å². The van der Waals surface area contributed by atoms with Gasteiger partial charge in [0.25, 0.3) is 0 Å². The molecule has 0 aliphatic carbocycles. The summed E-state index contributed by atoms with van der Waals surface area (Å²) in [6.45, 7) is 8.05. The predicted molar refractivity (Wildman–Crippen MR) is 65.6 cm³/mol. The van der Waals surface area contributed by atoms with E-state index in [0.29, 0.717) is 0 Å². The standard InChI is InChI=1S/C14H20O2/c1-10(15)13(16-5)11-6-8-12(9-7-11)14(2,3)4/h6-9,13H,1-5H3. The van der Waals surface area contributed by atoms with Crippen molar-refractivity contribution in [2.75, 3.05) is 7.11 Å². The van der Waals surface area contributed by atoms with Gasteiger partial charge in [-0.15, -0.1) is 0 Å². The average molecular weight is 220 g/mol. The van der Waals surface area contributed by atoms with Crippen molar-refractivity contribution in [3.8, 4) is 0 Å². The van der Waals surface area contributed by atoms with Gasteiger partial charge in [-0.05, 0) is 23.5 Å². The summed E-state index contributed by atoms with van der Waals surface area (Å²) < 4.78 is 5.17. The lowest BCUT2D eigenvalue weighted by Crippen LogP contribution is -2.13. The Morgan fingerprint density at radius 1 is 1.19 bits per heavy atom. The Kier molecular flexibility index (Phi) is 3.87. The molecular formula is C14H20O2. The first-order valence-electron chi connectivity index (χ1n) is 5.50. The summed E-state index contributed by atoms with van der Waals surface area (Å²) in [5.74, 6) is 0.0333. The van der Waals surface area contributed by atoms with Crippen LogP contribution in [0.5, 0.6) is 0 Å². The van der Waals surface area contributed by atoms with Crippen LogP contribution in [0.4, 0.5) is 0 Å². The lowest BCUT2D eigenvalue weighted by molar-refractivity contribution is -0.126. The normalized spacial score (nSPS) is 13.6. The van der Waals surface area contributed by atoms with Gasteiger partial charge in [0.2, 0.25) is 0 Å². The number of carbonyl (C=O) groups excluding carboxylic acids is 1. The minimum atomic E-state index is -0.436. The van der Waals surface area contributed by atoms with Crippen molar-refractivity contribution in [3.63, 3.8) is 0 Å². The lowest BCUT2D eigenvalue weighted by Gasteiger charge is -2.20. The molecule has 0 spiro atoms. The Hall–Kier alpha value is -1.15. The van der Waals surface area contributed by atoms with Crippen molar-refractivity contribution in [2.45, 2.75) is 39.2 Å². The number of hydrogen-bond donors (Lipinski definition) is 0. The smallest absolute Gasteiger partial charge is 0.163 e. The van der Waals surface area contributed by atoms with E-state index >= 15 is 0 Å². The summed E-state index contributed by atoms with van der Waals surface area (Å²) in [6, 6.07) is 8.06. The molecule has 1 aromatic rings. The van der Waals surface area contributed by atoms with Crippen LogP contribution in [0.3, 0.4) is 0 Å². The lowest BCUT2D eigenvalue weighted by atomic mass is 9.86. The number of carbonyl (C=O) groups is 1.